The third-order valence-electron chi connectivity index (χ3n) is 7.64. The average Bonchev–Trinajstić information content (AvgIpc) is 3.35. The van der Waals surface area contributed by atoms with Gasteiger partial charge in [0.05, 0.1) is 19.0 Å². The van der Waals surface area contributed by atoms with E-state index in [0.717, 1.165) is 18.3 Å². The Hall–Kier alpha value is -4.06. The first-order valence-corrected chi connectivity index (χ1v) is 13.0. The van der Waals surface area contributed by atoms with Gasteiger partial charge in [-0.05, 0) is 62.7 Å². The fourth-order valence-corrected chi connectivity index (χ4v) is 5.36. The van der Waals surface area contributed by atoms with Crippen LogP contribution in [0.1, 0.15) is 47.1 Å². The second-order valence-corrected chi connectivity index (χ2v) is 10.1. The molecule has 12 heteroatoms. The third kappa shape index (κ3) is 5.23. The van der Waals surface area contributed by atoms with Crippen molar-refractivity contribution in [1.82, 2.24) is 24.4 Å². The lowest BCUT2D eigenvalue weighted by molar-refractivity contribution is -0.143. The molecule has 2 atom stereocenters. The molecular formula is C29H28F5N5O2. The summed E-state index contributed by atoms with van der Waals surface area (Å²) in [4.78, 5) is 21.8. The van der Waals surface area contributed by atoms with E-state index in [9.17, 15) is 26.7 Å². The molecule has 0 aliphatic carbocycles. The Morgan fingerprint density at radius 1 is 1.07 bits per heavy atom. The normalized spacial score (nSPS) is 17.2. The fraction of sp³-hybridized carbons (Fsp3) is 0.345. The van der Waals surface area contributed by atoms with Gasteiger partial charge in [0.2, 0.25) is 0 Å². The number of benzene rings is 2. The molecule has 0 saturated carbocycles. The molecule has 0 radical (unpaired) electrons. The number of alkyl halides is 3. The number of methoxy groups -OCH3 is 1. The van der Waals surface area contributed by atoms with Crippen LogP contribution in [-0.4, -0.2) is 63.1 Å². The summed E-state index contributed by atoms with van der Waals surface area (Å²) in [5, 5.41) is 3.94. The number of amides is 1. The summed E-state index contributed by atoms with van der Waals surface area (Å²) in [6.45, 7) is 6.14. The number of nitrogens with zero attached hydrogens (tertiary/aromatic N) is 5. The van der Waals surface area contributed by atoms with Crippen molar-refractivity contribution in [2.45, 2.75) is 39.0 Å². The molecule has 0 unspecified atom stereocenters. The standard InChI is InChI=1S/C29H28F5N5O2/c1-16-15-37(18(3)20-7-10-23(30)24(31)13-20)11-12-38(16)28(40)22-14-35-39-26(29(32,33)34)17(2)25(36-27(22)39)19-5-8-21(41-4)9-6-19/h5-10,13-14,16,18H,11-12,15H2,1-4H3/t16-,18+/m1/s1. The first-order chi connectivity index (χ1) is 19.4. The Morgan fingerprint density at radius 3 is 2.39 bits per heavy atom. The molecule has 0 bridgehead atoms. The summed E-state index contributed by atoms with van der Waals surface area (Å²) in [7, 11) is 1.49. The molecule has 0 spiro atoms. The van der Waals surface area contributed by atoms with E-state index in [1.165, 1.54) is 20.1 Å². The maximum atomic E-state index is 14.3. The van der Waals surface area contributed by atoms with Crippen LogP contribution in [0, 0.1) is 18.6 Å². The molecule has 1 amide bonds. The highest BCUT2D eigenvalue weighted by molar-refractivity contribution is 6.00. The van der Waals surface area contributed by atoms with Crippen LogP contribution >= 0.6 is 0 Å². The predicted octanol–water partition coefficient (Wildman–Crippen LogP) is 5.92. The van der Waals surface area contributed by atoms with Crippen LogP contribution in [0.3, 0.4) is 0 Å². The second kappa shape index (κ2) is 10.7. The van der Waals surface area contributed by atoms with Gasteiger partial charge >= 0.3 is 6.18 Å². The number of aromatic nitrogens is 3. The van der Waals surface area contributed by atoms with Crippen molar-refractivity contribution in [1.29, 1.82) is 0 Å². The number of halogens is 5. The third-order valence-corrected chi connectivity index (χ3v) is 7.64. The highest BCUT2D eigenvalue weighted by Gasteiger charge is 2.39. The number of rotatable bonds is 5. The van der Waals surface area contributed by atoms with E-state index in [4.69, 9.17) is 4.74 Å². The lowest BCUT2D eigenvalue weighted by Gasteiger charge is -2.42. The Balaban J connectivity index is 1.47. The first-order valence-electron chi connectivity index (χ1n) is 13.0. The van der Waals surface area contributed by atoms with Gasteiger partial charge in [-0.2, -0.15) is 18.3 Å². The molecule has 0 N–H and O–H groups in total. The number of piperazine rings is 1. The minimum atomic E-state index is -4.76. The zero-order valence-electron chi connectivity index (χ0n) is 22.8. The van der Waals surface area contributed by atoms with E-state index in [0.29, 0.717) is 34.5 Å². The van der Waals surface area contributed by atoms with Crippen molar-refractivity contribution < 1.29 is 31.5 Å². The SMILES string of the molecule is COc1ccc(-c2nc3c(C(=O)N4CCN([C@@H](C)c5ccc(F)c(F)c5)C[C@H]4C)cnn3c(C(F)(F)F)c2C)cc1. The maximum absolute atomic E-state index is 14.3. The molecule has 1 aliphatic heterocycles. The van der Waals surface area contributed by atoms with Crippen LogP contribution in [0.2, 0.25) is 0 Å². The number of carbonyl (C=O) groups is 1. The molecule has 216 valence electrons. The predicted molar refractivity (Wildman–Crippen MR) is 142 cm³/mol. The molecule has 2 aromatic heterocycles. The monoisotopic (exact) mass is 573 g/mol. The van der Waals surface area contributed by atoms with E-state index in [1.54, 1.807) is 29.2 Å². The highest BCUT2D eigenvalue weighted by atomic mass is 19.4. The van der Waals surface area contributed by atoms with Crippen molar-refractivity contribution in [3.05, 3.63) is 82.7 Å². The van der Waals surface area contributed by atoms with Gasteiger partial charge in [0.15, 0.2) is 23.0 Å². The van der Waals surface area contributed by atoms with Crippen LogP contribution in [-0.2, 0) is 6.18 Å². The smallest absolute Gasteiger partial charge is 0.433 e. The average molecular weight is 574 g/mol. The number of hydrogen-bond donors (Lipinski definition) is 0. The fourth-order valence-electron chi connectivity index (χ4n) is 5.36. The first kappa shape index (κ1) is 28.5. The van der Waals surface area contributed by atoms with Crippen LogP contribution in [0.15, 0.2) is 48.7 Å². The molecule has 3 heterocycles. The van der Waals surface area contributed by atoms with E-state index in [1.807, 2.05) is 18.7 Å². The zero-order valence-corrected chi connectivity index (χ0v) is 22.8. The molecule has 4 aromatic rings. The van der Waals surface area contributed by atoms with Crippen molar-refractivity contribution in [3.63, 3.8) is 0 Å². The zero-order chi connectivity index (χ0) is 29.6. The van der Waals surface area contributed by atoms with Crippen molar-refractivity contribution >= 4 is 11.6 Å². The summed E-state index contributed by atoms with van der Waals surface area (Å²) in [6.07, 6.45) is -3.63. The van der Waals surface area contributed by atoms with Crippen LogP contribution < -0.4 is 4.74 Å². The number of carbonyl (C=O) groups excluding carboxylic acids is 1. The minimum Gasteiger partial charge on any atom is -0.497 e. The van der Waals surface area contributed by atoms with Gasteiger partial charge in [0.1, 0.15) is 11.3 Å². The molecule has 7 nitrogen and oxygen atoms in total. The van der Waals surface area contributed by atoms with Crippen molar-refractivity contribution in [2.24, 2.45) is 0 Å². The molecule has 1 aliphatic rings. The molecule has 41 heavy (non-hydrogen) atoms. The maximum Gasteiger partial charge on any atom is 0.433 e. The number of fused-ring (bicyclic) bond motifs is 1. The number of hydrogen-bond acceptors (Lipinski definition) is 5. The van der Waals surface area contributed by atoms with E-state index in [-0.39, 0.29) is 41.1 Å². The summed E-state index contributed by atoms with van der Waals surface area (Å²) in [6, 6.07) is 9.66. The lowest BCUT2D eigenvalue weighted by Crippen LogP contribution is -2.54. The van der Waals surface area contributed by atoms with E-state index >= 15 is 0 Å². The molecule has 1 fully saturated rings. The number of ether oxygens (including phenoxy) is 1. The molecule has 5 rings (SSSR count). The van der Waals surface area contributed by atoms with E-state index in [2.05, 4.69) is 10.1 Å². The Kier molecular flexibility index (Phi) is 7.45. The summed E-state index contributed by atoms with van der Waals surface area (Å²) < 4.78 is 75.9. The van der Waals surface area contributed by atoms with Gasteiger partial charge < -0.3 is 9.64 Å². The van der Waals surface area contributed by atoms with Crippen LogP contribution in [0.5, 0.6) is 5.75 Å². The molecule has 2 aromatic carbocycles. The van der Waals surface area contributed by atoms with Gasteiger partial charge in [-0.3, -0.25) is 9.69 Å². The summed E-state index contributed by atoms with van der Waals surface area (Å²) >= 11 is 0. The Bertz CT molecular complexity index is 1600. The van der Waals surface area contributed by atoms with Gasteiger partial charge in [0, 0.05) is 42.8 Å². The van der Waals surface area contributed by atoms with Gasteiger partial charge in [-0.15, -0.1) is 0 Å². The van der Waals surface area contributed by atoms with Gasteiger partial charge in [-0.1, -0.05) is 6.07 Å². The summed E-state index contributed by atoms with van der Waals surface area (Å²) in [5.41, 5.74) is -0.244. The van der Waals surface area contributed by atoms with Crippen molar-refractivity contribution in [2.75, 3.05) is 26.7 Å². The topological polar surface area (TPSA) is 63.0 Å². The largest absolute Gasteiger partial charge is 0.497 e. The second-order valence-electron chi connectivity index (χ2n) is 10.1. The quantitative estimate of drug-likeness (QED) is 0.278. The van der Waals surface area contributed by atoms with Gasteiger partial charge in [0.25, 0.3) is 5.91 Å². The minimum absolute atomic E-state index is 0.0424. The summed E-state index contributed by atoms with van der Waals surface area (Å²) in [5.74, 6) is -1.81. The van der Waals surface area contributed by atoms with Crippen LogP contribution in [0.4, 0.5) is 22.0 Å². The Morgan fingerprint density at radius 2 is 1.78 bits per heavy atom. The van der Waals surface area contributed by atoms with Crippen molar-refractivity contribution in [3.8, 4) is 17.0 Å². The van der Waals surface area contributed by atoms with Crippen LogP contribution in [0.25, 0.3) is 16.9 Å². The van der Waals surface area contributed by atoms with Gasteiger partial charge in [-0.25, -0.2) is 18.3 Å². The molecule has 1 saturated heterocycles. The molecular weight excluding hydrogens is 545 g/mol. The Labute approximate surface area is 233 Å². The highest BCUT2D eigenvalue weighted by Crippen LogP contribution is 2.37. The lowest BCUT2D eigenvalue weighted by atomic mass is 10.0. The van der Waals surface area contributed by atoms with E-state index < -0.39 is 29.4 Å².